The number of phenolic OH excluding ortho intramolecular Hbond substituents is 1. The minimum Gasteiger partial charge on any atom is -0.507 e. The van der Waals surface area contributed by atoms with Crippen molar-refractivity contribution in [2.24, 2.45) is 0 Å². The van der Waals surface area contributed by atoms with E-state index in [2.05, 4.69) is 76.2 Å². The molecule has 0 aliphatic rings. The summed E-state index contributed by atoms with van der Waals surface area (Å²) >= 11 is 0. The van der Waals surface area contributed by atoms with Crippen molar-refractivity contribution < 1.29 is 17.4 Å². The van der Waals surface area contributed by atoms with E-state index in [4.69, 9.17) is 22.3 Å². The highest BCUT2D eigenvalue weighted by atomic mass is 16.3. The molecule has 4 nitrogen and oxygen atoms in total. The molecule has 0 amide bonds. The quantitative estimate of drug-likeness (QED) is 0.184. The third kappa shape index (κ3) is 7.29. The van der Waals surface area contributed by atoms with Crippen molar-refractivity contribution in [1.29, 1.82) is 0 Å². The first-order chi connectivity index (χ1) is 30.9. The molecule has 57 heavy (non-hydrogen) atoms. The second-order valence-corrected chi connectivity index (χ2v) is 16.1. The molecule has 0 fully saturated rings. The lowest BCUT2D eigenvalue weighted by Crippen LogP contribution is -2.12. The van der Waals surface area contributed by atoms with Gasteiger partial charge in [0.1, 0.15) is 11.6 Å². The SMILES string of the molecule is [2H]C([2H])([2H])C(c1ccc(-n2c(-c3cc(C)cc(C)c3O)nc3c(-c4cc(-c5cc(-c6ccc(C)cc6)ccn5)cc(C(C)(C)C)c4)cccc32)c(-c2ccccc2)c1)(C([2H])([2H])[2H])C([2H])([2H])[2H]. The maximum absolute atomic E-state index is 11.8. The first kappa shape index (κ1) is 28.2. The lowest BCUT2D eigenvalue weighted by atomic mass is 9.83. The van der Waals surface area contributed by atoms with E-state index in [1.807, 2.05) is 67.1 Å². The van der Waals surface area contributed by atoms with Crippen LogP contribution in [0.1, 0.15) is 81.5 Å². The molecule has 0 unspecified atom stereocenters. The van der Waals surface area contributed by atoms with Gasteiger partial charge in [-0.25, -0.2) is 4.98 Å². The highest BCUT2D eigenvalue weighted by Crippen LogP contribution is 2.43. The van der Waals surface area contributed by atoms with E-state index in [1.165, 1.54) is 17.7 Å². The van der Waals surface area contributed by atoms with Gasteiger partial charge in [-0.1, -0.05) is 132 Å². The summed E-state index contributed by atoms with van der Waals surface area (Å²) in [6.07, 6.45) is 1.83. The average Bonchev–Trinajstić information content (AvgIpc) is 3.63. The Labute approximate surface area is 350 Å². The van der Waals surface area contributed by atoms with Gasteiger partial charge in [-0.2, -0.15) is 0 Å². The molecule has 0 radical (unpaired) electrons. The van der Waals surface area contributed by atoms with Crippen LogP contribution in [0.15, 0.2) is 140 Å². The molecule has 0 aliphatic carbocycles. The van der Waals surface area contributed by atoms with Crippen LogP contribution in [0, 0.1) is 20.8 Å². The Balaban J connectivity index is 1.45. The maximum atomic E-state index is 11.8. The van der Waals surface area contributed by atoms with Crippen LogP contribution in [0.5, 0.6) is 5.75 Å². The minimum absolute atomic E-state index is 0.0133. The molecule has 0 spiro atoms. The van der Waals surface area contributed by atoms with Crippen molar-refractivity contribution in [3.63, 3.8) is 0 Å². The van der Waals surface area contributed by atoms with Crippen LogP contribution in [-0.4, -0.2) is 19.6 Å². The number of fused-ring (bicyclic) bond motifs is 1. The summed E-state index contributed by atoms with van der Waals surface area (Å²) in [7, 11) is 0. The van der Waals surface area contributed by atoms with Gasteiger partial charge in [-0.3, -0.25) is 9.55 Å². The zero-order valence-corrected chi connectivity index (χ0v) is 33.1. The summed E-state index contributed by atoms with van der Waals surface area (Å²) in [4.78, 5) is 10.2. The van der Waals surface area contributed by atoms with E-state index >= 15 is 0 Å². The first-order valence-corrected chi connectivity index (χ1v) is 19.1. The van der Waals surface area contributed by atoms with Crippen molar-refractivity contribution in [3.8, 4) is 67.5 Å². The summed E-state index contributed by atoms with van der Waals surface area (Å²) < 4.78 is 78.6. The van der Waals surface area contributed by atoms with Crippen LogP contribution in [0.3, 0.4) is 0 Å². The van der Waals surface area contributed by atoms with E-state index < -0.39 is 26.0 Å². The molecule has 0 bridgehead atoms. The number of para-hydroxylation sites is 1. The number of aromatic nitrogens is 3. The van der Waals surface area contributed by atoms with E-state index in [9.17, 15) is 5.11 Å². The number of hydrogen-bond donors (Lipinski definition) is 1. The van der Waals surface area contributed by atoms with Gasteiger partial charge in [0.2, 0.25) is 0 Å². The van der Waals surface area contributed by atoms with E-state index in [1.54, 1.807) is 30.3 Å². The van der Waals surface area contributed by atoms with E-state index in [0.717, 1.165) is 44.6 Å². The second-order valence-electron chi connectivity index (χ2n) is 16.1. The number of phenols is 1. The third-order valence-electron chi connectivity index (χ3n) is 10.7. The van der Waals surface area contributed by atoms with Gasteiger partial charge >= 0.3 is 0 Å². The van der Waals surface area contributed by atoms with Gasteiger partial charge in [-0.05, 0) is 125 Å². The van der Waals surface area contributed by atoms with Gasteiger partial charge in [0, 0.05) is 35.2 Å². The molecule has 4 heteroatoms. The van der Waals surface area contributed by atoms with Crippen LogP contribution >= 0.6 is 0 Å². The molecule has 284 valence electrons. The van der Waals surface area contributed by atoms with Gasteiger partial charge in [0.05, 0.1) is 28.0 Å². The smallest absolute Gasteiger partial charge is 0.149 e. The Morgan fingerprint density at radius 3 is 2.05 bits per heavy atom. The fourth-order valence-electron chi connectivity index (χ4n) is 7.58. The monoisotopic (exact) mass is 754 g/mol. The normalized spacial score (nSPS) is 15.0. The van der Waals surface area contributed by atoms with Crippen molar-refractivity contribution in [1.82, 2.24) is 14.5 Å². The van der Waals surface area contributed by atoms with Gasteiger partial charge in [-0.15, -0.1) is 0 Å². The van der Waals surface area contributed by atoms with Crippen molar-refractivity contribution in [3.05, 3.63) is 167 Å². The summed E-state index contributed by atoms with van der Waals surface area (Å²) in [5.74, 6) is 0.374. The zero-order valence-electron chi connectivity index (χ0n) is 42.1. The molecule has 1 N–H and O–H groups in total. The number of benzene rings is 6. The fourth-order valence-corrected chi connectivity index (χ4v) is 7.58. The molecule has 0 saturated carbocycles. The van der Waals surface area contributed by atoms with Crippen molar-refractivity contribution in [2.75, 3.05) is 0 Å². The Morgan fingerprint density at radius 2 is 1.32 bits per heavy atom. The molecule has 8 aromatic rings. The highest BCUT2D eigenvalue weighted by molar-refractivity contribution is 5.98. The summed E-state index contributed by atoms with van der Waals surface area (Å²) in [6.45, 7) is 1.89. The Bertz CT molecular complexity index is 3090. The van der Waals surface area contributed by atoms with E-state index in [-0.39, 0.29) is 16.7 Å². The third-order valence-corrected chi connectivity index (χ3v) is 10.7. The summed E-state index contributed by atoms with van der Waals surface area (Å²) in [5, 5.41) is 11.8. The van der Waals surface area contributed by atoms with Crippen LogP contribution < -0.4 is 0 Å². The topological polar surface area (TPSA) is 50.9 Å². The lowest BCUT2D eigenvalue weighted by molar-refractivity contribution is 0.472. The molecule has 0 aliphatic heterocycles. The number of nitrogens with zero attached hydrogens (tertiary/aromatic N) is 3. The minimum atomic E-state index is -3.47. The lowest BCUT2D eigenvalue weighted by Gasteiger charge is -2.23. The largest absolute Gasteiger partial charge is 0.507 e. The Morgan fingerprint density at radius 1 is 0.561 bits per heavy atom. The van der Waals surface area contributed by atoms with Crippen LogP contribution in [0.2, 0.25) is 0 Å². The molecule has 8 rings (SSSR count). The molecular formula is C53H51N3O. The van der Waals surface area contributed by atoms with Gasteiger partial charge in [0.15, 0.2) is 0 Å². The molecule has 6 aromatic carbocycles. The standard InChI is InChI=1S/C53H51N3O/c1-33-18-20-36(21-19-33)38-24-25-54-46(31-38)40-28-39(29-42(30-40)53(7,8)9)43-16-13-17-48-49(43)55-51(45-27-34(2)26-35(3)50(45)57)56(48)47-23-22-41(52(4,5)6)32-44(47)37-14-11-10-12-15-37/h10-32,57H,1-9H3/i4D3,5D3,6D3. The Hall–Kier alpha value is -6.26. The first-order valence-electron chi connectivity index (χ1n) is 23.6. The number of rotatable bonds is 6. The van der Waals surface area contributed by atoms with Crippen LogP contribution in [0.25, 0.3) is 72.7 Å². The number of aromatic hydroxyl groups is 1. The summed E-state index contributed by atoms with van der Waals surface area (Å²) in [5.41, 5.74) is 8.42. The predicted molar refractivity (Wildman–Crippen MR) is 239 cm³/mol. The molecule has 2 heterocycles. The molecular weight excluding hydrogens is 695 g/mol. The van der Waals surface area contributed by atoms with Crippen LogP contribution in [-0.2, 0) is 10.8 Å². The fraction of sp³-hybridized carbons (Fsp3) is 0.208. The highest BCUT2D eigenvalue weighted by Gasteiger charge is 2.25. The zero-order chi connectivity index (χ0) is 47.7. The van der Waals surface area contributed by atoms with Crippen molar-refractivity contribution in [2.45, 2.75) is 72.9 Å². The second kappa shape index (κ2) is 14.4. The van der Waals surface area contributed by atoms with Gasteiger partial charge in [0.25, 0.3) is 0 Å². The molecule has 0 atom stereocenters. The van der Waals surface area contributed by atoms with Gasteiger partial charge < -0.3 is 5.11 Å². The number of imidazole rings is 1. The Kier molecular flexibility index (Phi) is 7.10. The number of pyridine rings is 1. The molecule has 0 saturated heterocycles. The van der Waals surface area contributed by atoms with Crippen molar-refractivity contribution >= 4 is 11.0 Å². The van der Waals surface area contributed by atoms with Crippen LogP contribution in [0.4, 0.5) is 0 Å². The average molecular weight is 755 g/mol. The summed E-state index contributed by atoms with van der Waals surface area (Å²) in [6, 6.07) is 41.8. The number of hydrogen-bond acceptors (Lipinski definition) is 3. The molecule has 2 aromatic heterocycles. The maximum Gasteiger partial charge on any atom is 0.149 e. The number of aryl methyl sites for hydroxylation is 3. The predicted octanol–water partition coefficient (Wildman–Crippen LogP) is 14.0. The van der Waals surface area contributed by atoms with E-state index in [0.29, 0.717) is 44.8 Å².